The number of hydrogen-bond donors (Lipinski definition) is 1. The summed E-state index contributed by atoms with van der Waals surface area (Å²) in [5, 5.41) is 1.04. The summed E-state index contributed by atoms with van der Waals surface area (Å²) in [6, 6.07) is 13.1. The van der Waals surface area contributed by atoms with Crippen molar-refractivity contribution in [3.63, 3.8) is 0 Å². The van der Waals surface area contributed by atoms with E-state index in [1.165, 1.54) is 12.1 Å². The third kappa shape index (κ3) is 2.54. The molecule has 0 amide bonds. The Labute approximate surface area is 115 Å². The highest BCUT2D eigenvalue weighted by molar-refractivity contribution is 5.94. The molecule has 3 nitrogen and oxygen atoms in total. The van der Waals surface area contributed by atoms with Crippen molar-refractivity contribution in [3.05, 3.63) is 71.7 Å². The van der Waals surface area contributed by atoms with Crippen molar-refractivity contribution in [3.8, 4) is 0 Å². The van der Waals surface area contributed by atoms with Crippen molar-refractivity contribution in [1.82, 2.24) is 4.98 Å². The van der Waals surface area contributed by atoms with Crippen molar-refractivity contribution in [2.45, 2.75) is 6.61 Å². The number of carbonyl (C=O) groups excluding carboxylic acids is 1. The molecule has 3 aromatic rings. The molecule has 0 aliphatic carbocycles. The quantitative estimate of drug-likeness (QED) is 0.737. The number of aromatic amines is 1. The first-order valence-electron chi connectivity index (χ1n) is 6.21. The van der Waals surface area contributed by atoms with Crippen LogP contribution in [0.15, 0.2) is 54.7 Å². The molecule has 0 fully saturated rings. The predicted molar refractivity (Wildman–Crippen MR) is 73.8 cm³/mol. The van der Waals surface area contributed by atoms with Gasteiger partial charge in [-0.2, -0.15) is 0 Å². The summed E-state index contributed by atoms with van der Waals surface area (Å²) in [4.78, 5) is 15.0. The highest BCUT2D eigenvalue weighted by Gasteiger charge is 2.08. The molecule has 0 aliphatic rings. The topological polar surface area (TPSA) is 42.1 Å². The monoisotopic (exact) mass is 269 g/mol. The van der Waals surface area contributed by atoms with Gasteiger partial charge in [-0.15, -0.1) is 0 Å². The van der Waals surface area contributed by atoms with E-state index in [0.29, 0.717) is 5.56 Å². The van der Waals surface area contributed by atoms with E-state index in [2.05, 4.69) is 4.98 Å². The van der Waals surface area contributed by atoms with Crippen LogP contribution < -0.4 is 0 Å². The second kappa shape index (κ2) is 5.17. The van der Waals surface area contributed by atoms with Crippen LogP contribution in [0.4, 0.5) is 4.39 Å². The van der Waals surface area contributed by atoms with E-state index < -0.39 is 5.97 Å². The van der Waals surface area contributed by atoms with Crippen LogP contribution in [0.25, 0.3) is 10.9 Å². The second-order valence-electron chi connectivity index (χ2n) is 4.48. The molecule has 0 saturated carbocycles. The van der Waals surface area contributed by atoms with E-state index in [0.717, 1.165) is 16.5 Å². The molecule has 4 heteroatoms. The summed E-state index contributed by atoms with van der Waals surface area (Å²) < 4.78 is 18.0. The number of nitrogens with one attached hydrogen (secondary N) is 1. The zero-order valence-corrected chi connectivity index (χ0v) is 10.6. The van der Waals surface area contributed by atoms with Gasteiger partial charge in [0.2, 0.25) is 0 Å². The molecule has 1 aromatic heterocycles. The lowest BCUT2D eigenvalue weighted by molar-refractivity contribution is 0.0473. The van der Waals surface area contributed by atoms with Crippen molar-refractivity contribution in [2.24, 2.45) is 0 Å². The summed E-state index contributed by atoms with van der Waals surface area (Å²) in [6.07, 6.45) is 1.82. The van der Waals surface area contributed by atoms with Crippen LogP contribution >= 0.6 is 0 Å². The normalized spacial score (nSPS) is 10.7. The molecule has 0 bridgehead atoms. The van der Waals surface area contributed by atoms with Crippen LogP contribution in [0.3, 0.4) is 0 Å². The Morgan fingerprint density at radius 1 is 1.10 bits per heavy atom. The maximum absolute atomic E-state index is 12.8. The minimum Gasteiger partial charge on any atom is -0.457 e. The average molecular weight is 269 g/mol. The van der Waals surface area contributed by atoms with Gasteiger partial charge in [-0.3, -0.25) is 0 Å². The fourth-order valence-electron chi connectivity index (χ4n) is 1.99. The Hall–Kier alpha value is -2.62. The highest BCUT2D eigenvalue weighted by Crippen LogP contribution is 2.15. The minimum atomic E-state index is -0.397. The number of carbonyl (C=O) groups is 1. The number of hydrogen-bond acceptors (Lipinski definition) is 2. The summed E-state index contributed by atoms with van der Waals surface area (Å²) >= 11 is 0. The molecule has 1 N–H and O–H groups in total. The summed E-state index contributed by atoms with van der Waals surface area (Å²) in [6.45, 7) is 0.127. The molecule has 1 heterocycles. The second-order valence-corrected chi connectivity index (χ2v) is 4.48. The van der Waals surface area contributed by atoms with Crippen LogP contribution in [0.2, 0.25) is 0 Å². The molecule has 100 valence electrons. The summed E-state index contributed by atoms with van der Waals surface area (Å²) in [5.74, 6) is -0.705. The van der Waals surface area contributed by atoms with Crippen LogP contribution in [0, 0.1) is 5.82 Å². The van der Waals surface area contributed by atoms with Crippen LogP contribution in [-0.2, 0) is 11.3 Å². The van der Waals surface area contributed by atoms with Crippen molar-refractivity contribution < 1.29 is 13.9 Å². The highest BCUT2D eigenvalue weighted by atomic mass is 19.1. The number of aromatic nitrogens is 1. The van der Waals surface area contributed by atoms with E-state index in [4.69, 9.17) is 4.74 Å². The van der Waals surface area contributed by atoms with Gasteiger partial charge in [0.05, 0.1) is 5.56 Å². The maximum atomic E-state index is 12.8. The first-order chi connectivity index (χ1) is 9.72. The van der Waals surface area contributed by atoms with E-state index in [1.54, 1.807) is 24.3 Å². The predicted octanol–water partition coefficient (Wildman–Crippen LogP) is 3.66. The lowest BCUT2D eigenvalue weighted by Crippen LogP contribution is -2.05. The van der Waals surface area contributed by atoms with E-state index in [9.17, 15) is 9.18 Å². The van der Waals surface area contributed by atoms with E-state index >= 15 is 0 Å². The van der Waals surface area contributed by atoms with Crippen molar-refractivity contribution >= 4 is 16.9 Å². The number of fused-ring (bicyclic) bond motifs is 1. The average Bonchev–Trinajstić information content (AvgIpc) is 2.93. The van der Waals surface area contributed by atoms with Gasteiger partial charge in [0.1, 0.15) is 12.4 Å². The maximum Gasteiger partial charge on any atom is 0.338 e. The molecule has 0 radical (unpaired) electrons. The Bertz CT molecular complexity index is 747. The van der Waals surface area contributed by atoms with Crippen LogP contribution in [-0.4, -0.2) is 11.0 Å². The van der Waals surface area contributed by atoms with Crippen LogP contribution in [0.1, 0.15) is 15.9 Å². The largest absolute Gasteiger partial charge is 0.457 e. The van der Waals surface area contributed by atoms with Gasteiger partial charge in [0.15, 0.2) is 0 Å². The lowest BCUT2D eigenvalue weighted by Gasteiger charge is -2.05. The zero-order chi connectivity index (χ0) is 13.9. The molecule has 2 aromatic carbocycles. The molecule has 0 saturated heterocycles. The molecular formula is C16H12FNO2. The fraction of sp³-hybridized carbons (Fsp3) is 0.0625. The summed E-state index contributed by atoms with van der Waals surface area (Å²) in [5.41, 5.74) is 2.13. The first kappa shape index (κ1) is 12.4. The molecule has 0 atom stereocenters. The van der Waals surface area contributed by atoms with Gasteiger partial charge in [0.25, 0.3) is 0 Å². The first-order valence-corrected chi connectivity index (χ1v) is 6.21. The molecule has 20 heavy (non-hydrogen) atoms. The van der Waals surface area contributed by atoms with E-state index in [1.807, 2.05) is 18.3 Å². The van der Waals surface area contributed by atoms with Gasteiger partial charge < -0.3 is 9.72 Å². The smallest absolute Gasteiger partial charge is 0.338 e. The zero-order valence-electron chi connectivity index (χ0n) is 10.6. The Balaban J connectivity index is 1.70. The fourth-order valence-corrected chi connectivity index (χ4v) is 1.99. The molecule has 0 aliphatic heterocycles. The third-order valence-electron chi connectivity index (χ3n) is 3.07. The molecule has 0 spiro atoms. The van der Waals surface area contributed by atoms with Gasteiger partial charge >= 0.3 is 5.97 Å². The molecular weight excluding hydrogens is 257 g/mol. The number of ether oxygens (including phenoxy) is 1. The van der Waals surface area contributed by atoms with E-state index in [-0.39, 0.29) is 12.4 Å². The molecule has 0 unspecified atom stereocenters. The third-order valence-corrected chi connectivity index (χ3v) is 3.07. The molecule has 3 rings (SSSR count). The lowest BCUT2D eigenvalue weighted by atomic mass is 10.1. The van der Waals surface area contributed by atoms with Crippen molar-refractivity contribution in [2.75, 3.05) is 0 Å². The van der Waals surface area contributed by atoms with Gasteiger partial charge in [-0.05, 0) is 41.3 Å². The van der Waals surface area contributed by atoms with Gasteiger partial charge in [0, 0.05) is 11.7 Å². The Morgan fingerprint density at radius 3 is 2.70 bits per heavy atom. The summed E-state index contributed by atoms with van der Waals surface area (Å²) in [7, 11) is 0. The number of benzene rings is 2. The SMILES string of the molecule is O=C(OCc1ccc(F)cc1)c1ccc2cc[nH]c2c1. The number of rotatable bonds is 3. The number of halogens is 1. The number of H-pyrrole nitrogens is 1. The standard InChI is InChI=1S/C16H12FNO2/c17-14-5-1-11(2-6-14)10-20-16(19)13-4-3-12-7-8-18-15(12)9-13/h1-9,18H,10H2. The van der Waals surface area contributed by atoms with Gasteiger partial charge in [-0.1, -0.05) is 18.2 Å². The minimum absolute atomic E-state index is 0.127. The van der Waals surface area contributed by atoms with Gasteiger partial charge in [-0.25, -0.2) is 9.18 Å². The Morgan fingerprint density at radius 2 is 1.90 bits per heavy atom. The Kier molecular flexibility index (Phi) is 3.21. The number of esters is 1. The van der Waals surface area contributed by atoms with Crippen LogP contribution in [0.5, 0.6) is 0 Å². The van der Waals surface area contributed by atoms with Crippen molar-refractivity contribution in [1.29, 1.82) is 0 Å².